The van der Waals surface area contributed by atoms with Crippen LogP contribution in [0.25, 0.3) is 0 Å². The van der Waals surface area contributed by atoms with Crippen molar-refractivity contribution in [2.24, 2.45) is 0 Å². The smallest absolute Gasteiger partial charge is 0.329 e. The molecule has 1 atom stereocenters. The zero-order chi connectivity index (χ0) is 7.61. The summed E-state index contributed by atoms with van der Waals surface area (Å²) >= 11 is 0. The molecule has 0 aliphatic carbocycles. The molecule has 0 saturated carbocycles. The number of halogens is 3. The molecule has 3 nitrogen and oxygen atoms in total. The van der Waals surface area contributed by atoms with Crippen molar-refractivity contribution in [1.82, 2.24) is 5.32 Å². The lowest BCUT2D eigenvalue weighted by Crippen LogP contribution is -2.26. The van der Waals surface area contributed by atoms with Crippen LogP contribution in [0.15, 0.2) is 0 Å². The summed E-state index contributed by atoms with van der Waals surface area (Å²) in [4.78, 5) is 0. The lowest BCUT2D eigenvalue weighted by atomic mass is 10.6. The van der Waals surface area contributed by atoms with Gasteiger partial charge >= 0.3 is 6.36 Å². The Morgan fingerprint density at radius 1 is 1.60 bits per heavy atom. The normalized spacial score (nSPS) is 27.3. The number of alkyl halides is 3. The molecule has 1 unspecified atom stereocenters. The maximum absolute atomic E-state index is 11.4. The standard InChI is InChI=1S/C4H5F3NO2/c5-4(6,7)10-3-1-8-2-9-3/h2-3,8H,1H2. The summed E-state index contributed by atoms with van der Waals surface area (Å²) in [6.07, 6.45) is -5.86. The largest absolute Gasteiger partial charge is 0.524 e. The summed E-state index contributed by atoms with van der Waals surface area (Å²) in [6.45, 7) is 1.09. The van der Waals surface area contributed by atoms with E-state index in [9.17, 15) is 13.2 Å². The van der Waals surface area contributed by atoms with Crippen LogP contribution >= 0.6 is 0 Å². The van der Waals surface area contributed by atoms with Crippen LogP contribution in [-0.2, 0) is 9.47 Å². The summed E-state index contributed by atoms with van der Waals surface area (Å²) in [5.74, 6) is 0. The second-order valence-corrected chi connectivity index (χ2v) is 1.66. The van der Waals surface area contributed by atoms with E-state index < -0.39 is 12.7 Å². The van der Waals surface area contributed by atoms with E-state index in [2.05, 4.69) is 14.8 Å². The van der Waals surface area contributed by atoms with Crippen LogP contribution in [0.4, 0.5) is 13.2 Å². The van der Waals surface area contributed by atoms with E-state index in [4.69, 9.17) is 0 Å². The van der Waals surface area contributed by atoms with Crippen molar-refractivity contribution in [3.63, 3.8) is 0 Å². The van der Waals surface area contributed by atoms with Crippen LogP contribution in [-0.4, -0.2) is 19.2 Å². The quantitative estimate of drug-likeness (QED) is 0.602. The SMILES string of the molecule is FC(F)(F)OC1CN[CH]O1. The average Bonchev–Trinajstić information content (AvgIpc) is 2.12. The molecule has 0 aromatic carbocycles. The van der Waals surface area contributed by atoms with Crippen LogP contribution in [0.3, 0.4) is 0 Å². The average molecular weight is 156 g/mol. The number of ether oxygens (including phenoxy) is 2. The van der Waals surface area contributed by atoms with Crippen LogP contribution in [0.1, 0.15) is 0 Å². The van der Waals surface area contributed by atoms with Gasteiger partial charge in [-0.2, -0.15) is 0 Å². The van der Waals surface area contributed by atoms with Crippen molar-refractivity contribution in [1.29, 1.82) is 0 Å². The van der Waals surface area contributed by atoms with Crippen LogP contribution in [0.5, 0.6) is 0 Å². The molecule has 1 N–H and O–H groups in total. The fourth-order valence-corrected chi connectivity index (χ4v) is 0.535. The van der Waals surface area contributed by atoms with Gasteiger partial charge in [-0.05, 0) is 0 Å². The molecule has 1 radical (unpaired) electrons. The number of hydrogen-bond donors (Lipinski definition) is 1. The van der Waals surface area contributed by atoms with Crippen molar-refractivity contribution in [2.75, 3.05) is 6.54 Å². The van der Waals surface area contributed by atoms with Gasteiger partial charge in [-0.25, -0.2) is 0 Å². The summed E-state index contributed by atoms with van der Waals surface area (Å²) in [6, 6.07) is 0. The van der Waals surface area contributed by atoms with Crippen LogP contribution in [0, 0.1) is 6.73 Å². The lowest BCUT2D eigenvalue weighted by Gasteiger charge is -2.11. The molecule has 1 aliphatic rings. The Morgan fingerprint density at radius 2 is 2.30 bits per heavy atom. The van der Waals surface area contributed by atoms with E-state index in [0.717, 1.165) is 6.73 Å². The highest BCUT2D eigenvalue weighted by Gasteiger charge is 2.35. The third-order valence-corrected chi connectivity index (χ3v) is 0.853. The van der Waals surface area contributed by atoms with Crippen molar-refractivity contribution in [2.45, 2.75) is 12.7 Å². The number of rotatable bonds is 1. The summed E-state index contributed by atoms with van der Waals surface area (Å²) in [7, 11) is 0. The van der Waals surface area contributed by atoms with Gasteiger partial charge < -0.3 is 4.74 Å². The molecule has 0 spiro atoms. The van der Waals surface area contributed by atoms with Gasteiger partial charge in [0.2, 0.25) is 0 Å². The maximum Gasteiger partial charge on any atom is 0.524 e. The molecule has 0 amide bonds. The van der Waals surface area contributed by atoms with E-state index in [-0.39, 0.29) is 6.54 Å². The third kappa shape index (κ3) is 2.51. The van der Waals surface area contributed by atoms with Crippen molar-refractivity contribution in [3.8, 4) is 0 Å². The first kappa shape index (κ1) is 7.77. The van der Waals surface area contributed by atoms with E-state index in [1.165, 1.54) is 0 Å². The Labute approximate surface area is 55.1 Å². The molecule has 0 aromatic rings. The topological polar surface area (TPSA) is 30.5 Å². The molecule has 1 saturated heterocycles. The van der Waals surface area contributed by atoms with Gasteiger partial charge in [0.1, 0.15) is 0 Å². The molecule has 1 rings (SSSR count). The van der Waals surface area contributed by atoms with Crippen molar-refractivity contribution in [3.05, 3.63) is 6.73 Å². The van der Waals surface area contributed by atoms with Crippen LogP contribution < -0.4 is 5.32 Å². The monoisotopic (exact) mass is 156 g/mol. The predicted molar refractivity (Wildman–Crippen MR) is 24.3 cm³/mol. The fraction of sp³-hybridized carbons (Fsp3) is 0.750. The Morgan fingerprint density at radius 3 is 2.70 bits per heavy atom. The molecule has 59 valence electrons. The summed E-state index contributed by atoms with van der Waals surface area (Å²) in [5, 5.41) is 2.42. The lowest BCUT2D eigenvalue weighted by molar-refractivity contribution is -0.367. The second-order valence-electron chi connectivity index (χ2n) is 1.66. The minimum absolute atomic E-state index is 0.0273. The molecule has 0 aromatic heterocycles. The van der Waals surface area contributed by atoms with Gasteiger partial charge in [0.15, 0.2) is 13.0 Å². The molecule has 1 fully saturated rings. The Bertz CT molecular complexity index is 110. The van der Waals surface area contributed by atoms with Gasteiger partial charge in [-0.15, -0.1) is 13.2 Å². The maximum atomic E-state index is 11.4. The van der Waals surface area contributed by atoms with Gasteiger partial charge in [-0.1, -0.05) is 0 Å². The molecule has 1 aliphatic heterocycles. The van der Waals surface area contributed by atoms with Crippen molar-refractivity contribution < 1.29 is 22.6 Å². The summed E-state index contributed by atoms with van der Waals surface area (Å²) < 4.78 is 41.9. The number of nitrogens with one attached hydrogen (secondary N) is 1. The molecule has 6 heteroatoms. The first-order chi connectivity index (χ1) is 4.58. The summed E-state index contributed by atoms with van der Waals surface area (Å²) in [5.41, 5.74) is 0. The van der Waals surface area contributed by atoms with Gasteiger partial charge in [-0.3, -0.25) is 10.1 Å². The second kappa shape index (κ2) is 2.73. The minimum Gasteiger partial charge on any atom is -0.329 e. The Kier molecular flexibility index (Phi) is 2.12. The van der Waals surface area contributed by atoms with E-state index in [1.54, 1.807) is 0 Å². The fourth-order valence-electron chi connectivity index (χ4n) is 0.535. The third-order valence-electron chi connectivity index (χ3n) is 0.853. The molecule has 10 heavy (non-hydrogen) atoms. The first-order valence-electron chi connectivity index (χ1n) is 2.53. The first-order valence-corrected chi connectivity index (χ1v) is 2.53. The highest BCUT2D eigenvalue weighted by molar-refractivity contribution is 4.63. The van der Waals surface area contributed by atoms with Gasteiger partial charge in [0.05, 0.1) is 0 Å². The van der Waals surface area contributed by atoms with Crippen LogP contribution in [0.2, 0.25) is 0 Å². The highest BCUT2D eigenvalue weighted by atomic mass is 19.4. The molecule has 1 heterocycles. The number of hydrogen-bond acceptors (Lipinski definition) is 3. The molecular weight excluding hydrogens is 151 g/mol. The predicted octanol–water partition coefficient (Wildman–Crippen LogP) is 0.588. The Hall–Kier alpha value is -0.330. The van der Waals surface area contributed by atoms with Gasteiger partial charge in [0, 0.05) is 6.54 Å². The van der Waals surface area contributed by atoms with E-state index in [1.807, 2.05) is 0 Å². The van der Waals surface area contributed by atoms with E-state index in [0.29, 0.717) is 0 Å². The minimum atomic E-state index is -4.62. The van der Waals surface area contributed by atoms with Gasteiger partial charge in [0.25, 0.3) is 0 Å². The zero-order valence-electron chi connectivity index (χ0n) is 4.81. The Balaban J connectivity index is 2.24. The molecular formula is C4H5F3NO2. The molecule has 0 bridgehead atoms. The zero-order valence-corrected chi connectivity index (χ0v) is 4.81. The highest BCUT2D eigenvalue weighted by Crippen LogP contribution is 2.20. The van der Waals surface area contributed by atoms with Crippen molar-refractivity contribution >= 4 is 0 Å². The van der Waals surface area contributed by atoms with E-state index >= 15 is 0 Å².